The summed E-state index contributed by atoms with van der Waals surface area (Å²) in [5, 5.41) is 11.2. The highest BCUT2D eigenvalue weighted by atomic mass is 32.2. The van der Waals surface area contributed by atoms with Gasteiger partial charge < -0.3 is 19.9 Å². The summed E-state index contributed by atoms with van der Waals surface area (Å²) in [5.74, 6) is 1.15. The summed E-state index contributed by atoms with van der Waals surface area (Å²) >= 11 is 1.74. The summed E-state index contributed by atoms with van der Waals surface area (Å²) < 4.78 is 0. The lowest BCUT2D eigenvalue weighted by molar-refractivity contribution is -0.679. The molecule has 0 N–H and O–H groups in total. The van der Waals surface area contributed by atoms with E-state index >= 15 is 0 Å². The maximum absolute atomic E-state index is 14.7. The van der Waals surface area contributed by atoms with Crippen LogP contribution in [0.1, 0.15) is 38.5 Å². The van der Waals surface area contributed by atoms with Gasteiger partial charge in [-0.05, 0) is 67.5 Å². The average molecular weight is 492 g/mol. The summed E-state index contributed by atoms with van der Waals surface area (Å²) in [6, 6.07) is 12.8. The van der Waals surface area contributed by atoms with E-state index in [2.05, 4.69) is 51.1 Å². The maximum Gasteiger partial charge on any atom is 0.237 e. The van der Waals surface area contributed by atoms with Gasteiger partial charge in [0.1, 0.15) is 0 Å². The Morgan fingerprint density at radius 1 is 0.971 bits per heavy atom. The van der Waals surface area contributed by atoms with Gasteiger partial charge >= 0.3 is 0 Å². The molecule has 2 aromatic carbocycles. The molecular formula is C28H33N3O3S-2. The Balaban J connectivity index is 1.46. The quantitative estimate of drug-likeness (QED) is 0.334. The number of rotatable bonds is 5. The van der Waals surface area contributed by atoms with Crippen LogP contribution in [0.25, 0.3) is 0 Å². The molecule has 2 aromatic rings. The van der Waals surface area contributed by atoms with Gasteiger partial charge in [-0.3, -0.25) is 9.69 Å². The topological polar surface area (TPSA) is 59.1 Å². The number of carbonyl (C=O) groups is 1. The van der Waals surface area contributed by atoms with Gasteiger partial charge in [0.25, 0.3) is 0 Å². The van der Waals surface area contributed by atoms with E-state index in [1.54, 1.807) is 11.8 Å². The molecule has 186 valence electrons. The van der Waals surface area contributed by atoms with Crippen LogP contribution in [0.5, 0.6) is 0 Å². The van der Waals surface area contributed by atoms with Crippen molar-refractivity contribution in [2.24, 2.45) is 22.7 Å². The van der Waals surface area contributed by atoms with E-state index in [4.69, 9.17) is 0 Å². The van der Waals surface area contributed by atoms with Crippen molar-refractivity contribution in [3.63, 3.8) is 0 Å². The molecule has 5 aliphatic rings. The highest BCUT2D eigenvalue weighted by Crippen LogP contribution is 2.67. The molecule has 7 rings (SSSR count). The molecule has 4 saturated carbocycles. The fourth-order valence-electron chi connectivity index (χ4n) is 7.62. The van der Waals surface area contributed by atoms with Gasteiger partial charge in [0, 0.05) is 54.8 Å². The number of amides is 1. The summed E-state index contributed by atoms with van der Waals surface area (Å²) in [5.41, 5.74) is 3.45. The molecule has 7 heteroatoms. The Labute approximate surface area is 212 Å². The number of carbonyl (C=O) groups excluding carboxylic acids is 1. The van der Waals surface area contributed by atoms with E-state index in [1.165, 1.54) is 13.0 Å². The largest absolute Gasteiger partial charge is 0.759 e. The molecule has 0 spiro atoms. The van der Waals surface area contributed by atoms with Gasteiger partial charge in [-0.1, -0.05) is 31.0 Å². The third-order valence-corrected chi connectivity index (χ3v) is 9.78. The van der Waals surface area contributed by atoms with Crippen LogP contribution < -0.4 is 20.0 Å². The second-order valence-corrected chi connectivity index (χ2v) is 12.7. The van der Waals surface area contributed by atoms with Gasteiger partial charge in [0.05, 0.1) is 11.4 Å². The van der Waals surface area contributed by atoms with E-state index in [1.807, 2.05) is 33.1 Å². The van der Waals surface area contributed by atoms with E-state index in [0.717, 1.165) is 58.2 Å². The Kier molecular flexibility index (Phi) is 5.40. The molecule has 35 heavy (non-hydrogen) atoms. The van der Waals surface area contributed by atoms with Crippen molar-refractivity contribution in [2.45, 2.75) is 48.3 Å². The van der Waals surface area contributed by atoms with Crippen molar-refractivity contribution < 1.29 is 14.9 Å². The number of benzene rings is 2. The van der Waals surface area contributed by atoms with E-state index < -0.39 is 5.41 Å². The lowest BCUT2D eigenvalue weighted by Gasteiger charge is -2.66. The summed E-state index contributed by atoms with van der Waals surface area (Å²) in [6.07, 6.45) is 5.66. The molecule has 2 atom stereocenters. The molecular weight excluding hydrogens is 458 g/mol. The minimum Gasteiger partial charge on any atom is -0.759 e. The first-order valence-electron chi connectivity index (χ1n) is 12.5. The first-order chi connectivity index (χ1) is 16.7. The number of fused-ring (bicyclic) bond motifs is 2. The van der Waals surface area contributed by atoms with Crippen molar-refractivity contribution in [1.82, 2.24) is 0 Å². The maximum atomic E-state index is 14.7. The first-order valence-corrected chi connectivity index (χ1v) is 13.3. The number of nitrogens with zero attached hydrogens (tertiary/aromatic N) is 3. The smallest absolute Gasteiger partial charge is 0.237 e. The average Bonchev–Trinajstić information content (AvgIpc) is 2.80. The molecule has 0 aromatic heterocycles. The molecule has 0 radical (unpaired) electrons. The normalized spacial score (nSPS) is 30.1. The Morgan fingerprint density at radius 3 is 2.00 bits per heavy atom. The number of hydrogen-bond acceptors (Lipinski definition) is 6. The lowest BCUT2D eigenvalue weighted by atomic mass is 9.44. The van der Waals surface area contributed by atoms with Crippen LogP contribution in [0.15, 0.2) is 46.2 Å². The van der Waals surface area contributed by atoms with Crippen LogP contribution in [-0.4, -0.2) is 34.1 Å². The van der Waals surface area contributed by atoms with Crippen LogP contribution in [0.3, 0.4) is 0 Å². The summed E-state index contributed by atoms with van der Waals surface area (Å²) in [6.45, 7) is 1.52. The van der Waals surface area contributed by atoms with E-state index in [-0.39, 0.29) is 11.3 Å². The molecule has 1 amide bonds. The minimum atomic E-state index is -0.448. The number of anilines is 4. The van der Waals surface area contributed by atoms with Crippen molar-refractivity contribution in [2.75, 3.05) is 42.9 Å². The van der Waals surface area contributed by atoms with Gasteiger partial charge in [-0.15, -0.1) is 5.41 Å². The van der Waals surface area contributed by atoms with Crippen LogP contribution in [0.2, 0.25) is 0 Å². The Bertz CT molecular complexity index is 1110. The van der Waals surface area contributed by atoms with E-state index in [0.29, 0.717) is 18.3 Å². The standard InChI is InChI=1S/C28H34N3O3S/c1-29(2)20-5-7-22-24(10-20)35-25-11-21(30(3)4)6-8-23(25)31(22)26(32)28-14-18-9-19(15-28)13-27(12-18,16-28)17-34-33/h5-8,10-11,17-19,33H,9,12-16H2,1-4H3/q-1/p-1. The minimum absolute atomic E-state index is 0.188. The molecule has 1 heterocycles. The second-order valence-electron chi connectivity index (χ2n) is 11.7. The lowest BCUT2D eigenvalue weighted by Crippen LogP contribution is -2.58. The highest BCUT2D eigenvalue weighted by molar-refractivity contribution is 7.99. The van der Waals surface area contributed by atoms with Crippen LogP contribution in [0, 0.1) is 29.3 Å². The second kappa shape index (κ2) is 8.15. The third kappa shape index (κ3) is 3.66. The van der Waals surface area contributed by atoms with Crippen LogP contribution in [0.4, 0.5) is 22.7 Å². The van der Waals surface area contributed by atoms with E-state index in [9.17, 15) is 10.1 Å². The zero-order valence-electron chi connectivity index (χ0n) is 20.9. The third-order valence-electron chi connectivity index (χ3n) is 8.68. The predicted octanol–water partition coefficient (Wildman–Crippen LogP) is 4.99. The Hall–Kier alpha value is -2.22. The molecule has 4 bridgehead atoms. The van der Waals surface area contributed by atoms with Crippen LogP contribution in [-0.2, 0) is 9.68 Å². The monoisotopic (exact) mass is 491 g/mol. The summed E-state index contributed by atoms with van der Waals surface area (Å²) in [7, 11) is 8.17. The SMILES string of the molecule is CN(C)c1ccc2c(c1)Sc1cc(N(C)C)ccc1N2C(=O)C12CC3CC(CC([CH-]O[O-])(C3)C1)C2. The highest BCUT2D eigenvalue weighted by Gasteiger charge is 2.58. The van der Waals surface area contributed by atoms with Crippen LogP contribution >= 0.6 is 11.8 Å². The van der Waals surface area contributed by atoms with Gasteiger partial charge in [0.2, 0.25) is 5.91 Å². The first kappa shape index (κ1) is 23.2. The molecule has 1 aliphatic heterocycles. The molecule has 4 fully saturated rings. The molecule has 4 aliphatic carbocycles. The fraction of sp³-hybridized carbons (Fsp3) is 0.500. The van der Waals surface area contributed by atoms with Gasteiger partial charge in [-0.2, -0.15) is 0 Å². The van der Waals surface area contributed by atoms with Gasteiger partial charge in [0.15, 0.2) is 0 Å². The van der Waals surface area contributed by atoms with Crippen molar-refractivity contribution in [3.05, 3.63) is 43.0 Å². The molecule has 2 unspecified atom stereocenters. The molecule has 0 saturated heterocycles. The van der Waals surface area contributed by atoms with Crippen molar-refractivity contribution >= 4 is 40.4 Å². The summed E-state index contributed by atoms with van der Waals surface area (Å²) in [4.78, 5) is 27.5. The van der Waals surface area contributed by atoms with Gasteiger partial charge in [-0.25, -0.2) is 6.61 Å². The zero-order valence-corrected chi connectivity index (χ0v) is 21.7. The Morgan fingerprint density at radius 2 is 1.51 bits per heavy atom. The van der Waals surface area contributed by atoms with Crippen molar-refractivity contribution in [3.8, 4) is 0 Å². The number of hydrogen-bond donors (Lipinski definition) is 0. The fourth-order valence-corrected chi connectivity index (χ4v) is 8.75. The predicted molar refractivity (Wildman–Crippen MR) is 138 cm³/mol. The molecule has 6 nitrogen and oxygen atoms in total. The zero-order chi connectivity index (χ0) is 24.5. The van der Waals surface area contributed by atoms with Crippen molar-refractivity contribution in [1.29, 1.82) is 0 Å².